The summed E-state index contributed by atoms with van der Waals surface area (Å²) in [4.78, 5) is 0. The first-order valence-corrected chi connectivity index (χ1v) is 6.85. The zero-order valence-electron chi connectivity index (χ0n) is 9.48. The summed E-state index contributed by atoms with van der Waals surface area (Å²) in [6, 6.07) is 7.20. The third-order valence-electron chi connectivity index (χ3n) is 2.49. The van der Waals surface area contributed by atoms with E-state index in [1.54, 1.807) is 12.1 Å². The van der Waals surface area contributed by atoms with Gasteiger partial charge in [0, 0.05) is 16.6 Å². The van der Waals surface area contributed by atoms with Crippen LogP contribution in [0.15, 0.2) is 34.8 Å². The molecular weight excluding hydrogens is 359 g/mol. The Kier molecular flexibility index (Phi) is 4.66. The van der Waals surface area contributed by atoms with Crippen LogP contribution in [0.4, 0.5) is 14.5 Å². The molecule has 0 saturated carbocycles. The number of benzene rings is 2. The fraction of sp³-hybridized carbons (Fsp3) is 0.0769. The highest BCUT2D eigenvalue weighted by Crippen LogP contribution is 2.32. The Morgan fingerprint density at radius 1 is 1.11 bits per heavy atom. The van der Waals surface area contributed by atoms with Crippen LogP contribution < -0.4 is 5.32 Å². The lowest BCUT2D eigenvalue weighted by Crippen LogP contribution is -2.03. The maximum atomic E-state index is 13.7. The lowest BCUT2D eigenvalue weighted by molar-refractivity contribution is 0.613. The van der Waals surface area contributed by atoms with Crippen molar-refractivity contribution in [2.45, 2.75) is 6.54 Å². The maximum Gasteiger partial charge on any atom is 0.146 e. The van der Waals surface area contributed by atoms with Crippen molar-refractivity contribution >= 4 is 44.8 Å². The van der Waals surface area contributed by atoms with Gasteiger partial charge in [-0.25, -0.2) is 8.78 Å². The quantitative estimate of drug-likeness (QED) is 0.740. The van der Waals surface area contributed by atoms with Gasteiger partial charge in [-0.15, -0.1) is 0 Å². The molecule has 2 rings (SSSR count). The number of rotatable bonds is 3. The Morgan fingerprint density at radius 3 is 2.53 bits per heavy atom. The van der Waals surface area contributed by atoms with E-state index in [-0.39, 0.29) is 16.6 Å². The molecule has 0 aliphatic rings. The van der Waals surface area contributed by atoms with Gasteiger partial charge in [-0.2, -0.15) is 0 Å². The van der Waals surface area contributed by atoms with Gasteiger partial charge in [0.2, 0.25) is 0 Å². The minimum absolute atomic E-state index is 0.0589. The third-order valence-corrected chi connectivity index (χ3v) is 3.71. The van der Waals surface area contributed by atoms with Crippen molar-refractivity contribution in [1.29, 1.82) is 0 Å². The molecule has 0 saturated heterocycles. The Hall–Kier alpha value is -0.840. The fourth-order valence-corrected chi connectivity index (χ4v) is 2.73. The van der Waals surface area contributed by atoms with Crippen molar-refractivity contribution in [2.24, 2.45) is 0 Å². The summed E-state index contributed by atoms with van der Waals surface area (Å²) in [6.07, 6.45) is 0. The first-order chi connectivity index (χ1) is 8.99. The summed E-state index contributed by atoms with van der Waals surface area (Å²) in [6.45, 7) is 0.191. The highest BCUT2D eigenvalue weighted by molar-refractivity contribution is 9.10. The normalized spacial score (nSPS) is 10.6. The van der Waals surface area contributed by atoms with E-state index < -0.39 is 11.6 Å². The van der Waals surface area contributed by atoms with Gasteiger partial charge in [0.15, 0.2) is 0 Å². The van der Waals surface area contributed by atoms with E-state index in [1.807, 2.05) is 0 Å². The van der Waals surface area contributed by atoms with Crippen LogP contribution in [0.3, 0.4) is 0 Å². The summed E-state index contributed by atoms with van der Waals surface area (Å²) < 4.78 is 27.2. The van der Waals surface area contributed by atoms with E-state index in [0.29, 0.717) is 15.7 Å². The lowest BCUT2D eigenvalue weighted by atomic mass is 10.2. The molecule has 100 valence electrons. The van der Waals surface area contributed by atoms with Crippen molar-refractivity contribution < 1.29 is 8.78 Å². The first kappa shape index (κ1) is 14.6. The minimum Gasteiger partial charge on any atom is -0.379 e. The minimum atomic E-state index is -0.481. The summed E-state index contributed by atoms with van der Waals surface area (Å²) in [5.41, 5.74) is 0.905. The van der Waals surface area contributed by atoms with Crippen LogP contribution in [-0.2, 0) is 6.54 Å². The van der Waals surface area contributed by atoms with Crippen molar-refractivity contribution in [2.75, 3.05) is 5.32 Å². The fourth-order valence-electron chi connectivity index (χ4n) is 1.58. The molecule has 1 nitrogen and oxygen atoms in total. The average Bonchev–Trinajstić information content (AvgIpc) is 2.33. The third kappa shape index (κ3) is 3.38. The van der Waals surface area contributed by atoms with Crippen LogP contribution in [0.25, 0.3) is 0 Å². The highest BCUT2D eigenvalue weighted by Gasteiger charge is 2.10. The van der Waals surface area contributed by atoms with E-state index in [9.17, 15) is 8.78 Å². The van der Waals surface area contributed by atoms with E-state index in [1.165, 1.54) is 18.2 Å². The topological polar surface area (TPSA) is 12.0 Å². The summed E-state index contributed by atoms with van der Waals surface area (Å²) in [5.74, 6) is -0.928. The summed E-state index contributed by atoms with van der Waals surface area (Å²) in [5, 5.41) is 3.22. The second-order valence-electron chi connectivity index (χ2n) is 3.81. The molecule has 0 fully saturated rings. The standard InChI is InChI=1S/C13H8BrCl2F2N/c14-9-4-8(17)5-11(16)13(9)19-6-7-2-1-3-10(15)12(7)18/h1-5,19H,6H2. The first-order valence-electron chi connectivity index (χ1n) is 5.30. The second kappa shape index (κ2) is 6.07. The number of halogens is 5. The molecule has 0 amide bonds. The van der Waals surface area contributed by atoms with E-state index in [2.05, 4.69) is 21.2 Å². The monoisotopic (exact) mass is 365 g/mol. The Bertz CT molecular complexity index is 597. The molecule has 0 unspecified atom stereocenters. The molecule has 0 bridgehead atoms. The number of nitrogens with one attached hydrogen (secondary N) is 1. The van der Waals surface area contributed by atoms with Crippen LogP contribution in [-0.4, -0.2) is 0 Å². The zero-order valence-corrected chi connectivity index (χ0v) is 12.6. The van der Waals surface area contributed by atoms with Crippen LogP contribution in [0.2, 0.25) is 10.0 Å². The molecular formula is C13H8BrCl2F2N. The number of anilines is 1. The molecule has 2 aromatic rings. The Balaban J connectivity index is 2.22. The molecule has 0 radical (unpaired) electrons. The largest absolute Gasteiger partial charge is 0.379 e. The predicted octanol–water partition coefficient (Wildman–Crippen LogP) is 5.65. The van der Waals surface area contributed by atoms with E-state index in [4.69, 9.17) is 23.2 Å². The van der Waals surface area contributed by atoms with Gasteiger partial charge >= 0.3 is 0 Å². The van der Waals surface area contributed by atoms with Gasteiger partial charge in [0.1, 0.15) is 11.6 Å². The van der Waals surface area contributed by atoms with Gasteiger partial charge in [0.05, 0.1) is 15.7 Å². The maximum absolute atomic E-state index is 13.7. The Labute approximate surface area is 127 Å². The molecule has 2 aromatic carbocycles. The average molecular weight is 367 g/mol. The molecule has 1 N–H and O–H groups in total. The second-order valence-corrected chi connectivity index (χ2v) is 5.48. The summed E-state index contributed by atoms with van der Waals surface area (Å²) in [7, 11) is 0. The lowest BCUT2D eigenvalue weighted by Gasteiger charge is -2.11. The van der Waals surface area contributed by atoms with E-state index in [0.717, 1.165) is 0 Å². The van der Waals surface area contributed by atoms with Gasteiger partial charge in [-0.1, -0.05) is 35.3 Å². The van der Waals surface area contributed by atoms with Crippen molar-refractivity contribution in [3.8, 4) is 0 Å². The molecule has 0 aliphatic heterocycles. The predicted molar refractivity (Wildman–Crippen MR) is 77.8 cm³/mol. The van der Waals surface area contributed by atoms with Crippen LogP contribution in [0.5, 0.6) is 0 Å². The number of hydrogen-bond acceptors (Lipinski definition) is 1. The summed E-state index contributed by atoms with van der Waals surface area (Å²) >= 11 is 14.8. The molecule has 6 heteroatoms. The van der Waals surface area contributed by atoms with Crippen molar-refractivity contribution in [3.05, 3.63) is 62.0 Å². The molecule has 0 aliphatic carbocycles. The Morgan fingerprint density at radius 2 is 1.84 bits per heavy atom. The zero-order chi connectivity index (χ0) is 14.0. The SMILES string of the molecule is Fc1cc(Cl)c(NCc2cccc(Cl)c2F)c(Br)c1. The van der Waals surface area contributed by atoms with Crippen molar-refractivity contribution in [1.82, 2.24) is 0 Å². The molecule has 0 spiro atoms. The van der Waals surface area contributed by atoms with Gasteiger partial charge < -0.3 is 5.32 Å². The van der Waals surface area contributed by atoms with Gasteiger partial charge in [-0.05, 0) is 34.1 Å². The van der Waals surface area contributed by atoms with Crippen LogP contribution in [0, 0.1) is 11.6 Å². The smallest absolute Gasteiger partial charge is 0.146 e. The van der Waals surface area contributed by atoms with Crippen LogP contribution >= 0.6 is 39.1 Å². The highest BCUT2D eigenvalue weighted by atomic mass is 79.9. The molecule has 0 heterocycles. The number of hydrogen-bond donors (Lipinski definition) is 1. The van der Waals surface area contributed by atoms with Gasteiger partial charge in [0.25, 0.3) is 0 Å². The molecule has 0 atom stereocenters. The van der Waals surface area contributed by atoms with Crippen molar-refractivity contribution in [3.63, 3.8) is 0 Å². The van der Waals surface area contributed by atoms with Gasteiger partial charge in [-0.3, -0.25) is 0 Å². The van der Waals surface area contributed by atoms with E-state index >= 15 is 0 Å². The molecule has 19 heavy (non-hydrogen) atoms. The molecule has 0 aromatic heterocycles. The van der Waals surface area contributed by atoms with Crippen LogP contribution in [0.1, 0.15) is 5.56 Å².